The molecule has 0 heterocycles. The summed E-state index contributed by atoms with van der Waals surface area (Å²) in [5.41, 5.74) is -0.781. The standard InChI is InChI=1S/C18H23F2NO3/c1-10-6-4-9-15(11(10)2)21-17(22)12(3)24-18(23)16-13(19)7-5-8-14(16)20/h5,7-8,10-12,15H,4,6,9H2,1-3H3,(H,21,22)/t10-,11-,12-,15+/m1/s1. The second kappa shape index (κ2) is 7.73. The van der Waals surface area contributed by atoms with Gasteiger partial charge >= 0.3 is 5.97 Å². The molecule has 4 nitrogen and oxygen atoms in total. The van der Waals surface area contributed by atoms with E-state index < -0.39 is 35.2 Å². The first-order valence-corrected chi connectivity index (χ1v) is 8.26. The van der Waals surface area contributed by atoms with Crippen molar-refractivity contribution in [2.75, 3.05) is 0 Å². The molecule has 0 aliphatic heterocycles. The van der Waals surface area contributed by atoms with Crippen LogP contribution >= 0.6 is 0 Å². The minimum Gasteiger partial charge on any atom is -0.449 e. The molecular formula is C18H23F2NO3. The van der Waals surface area contributed by atoms with Gasteiger partial charge in [-0.25, -0.2) is 13.6 Å². The van der Waals surface area contributed by atoms with Gasteiger partial charge in [-0.1, -0.05) is 32.8 Å². The fourth-order valence-corrected chi connectivity index (χ4v) is 3.05. The van der Waals surface area contributed by atoms with E-state index in [-0.39, 0.29) is 6.04 Å². The molecule has 132 valence electrons. The van der Waals surface area contributed by atoms with Gasteiger partial charge in [0.25, 0.3) is 5.91 Å². The van der Waals surface area contributed by atoms with E-state index in [9.17, 15) is 18.4 Å². The molecular weight excluding hydrogens is 316 g/mol. The maximum absolute atomic E-state index is 13.6. The largest absolute Gasteiger partial charge is 0.449 e. The van der Waals surface area contributed by atoms with Crippen molar-refractivity contribution in [3.05, 3.63) is 35.4 Å². The second-order valence-electron chi connectivity index (χ2n) is 6.53. The van der Waals surface area contributed by atoms with Crippen LogP contribution in [0.15, 0.2) is 18.2 Å². The number of halogens is 2. The Morgan fingerprint density at radius 3 is 2.46 bits per heavy atom. The third-order valence-corrected chi connectivity index (χ3v) is 4.85. The van der Waals surface area contributed by atoms with Crippen LogP contribution in [0.3, 0.4) is 0 Å². The monoisotopic (exact) mass is 339 g/mol. The van der Waals surface area contributed by atoms with E-state index >= 15 is 0 Å². The van der Waals surface area contributed by atoms with Gasteiger partial charge in [0.2, 0.25) is 0 Å². The molecule has 4 atom stereocenters. The van der Waals surface area contributed by atoms with Crippen LogP contribution in [0.1, 0.15) is 50.4 Å². The Balaban J connectivity index is 1.97. The predicted octanol–water partition coefficient (Wildman–Crippen LogP) is 3.45. The maximum atomic E-state index is 13.6. The number of carbonyl (C=O) groups excluding carboxylic acids is 2. The topological polar surface area (TPSA) is 55.4 Å². The molecule has 6 heteroatoms. The van der Waals surface area contributed by atoms with Gasteiger partial charge in [0.15, 0.2) is 6.10 Å². The highest BCUT2D eigenvalue weighted by atomic mass is 19.1. The van der Waals surface area contributed by atoms with Crippen molar-refractivity contribution in [1.29, 1.82) is 0 Å². The van der Waals surface area contributed by atoms with Gasteiger partial charge < -0.3 is 10.1 Å². The van der Waals surface area contributed by atoms with Crippen LogP contribution in [-0.2, 0) is 9.53 Å². The Kier molecular flexibility index (Phi) is 5.91. The number of hydrogen-bond acceptors (Lipinski definition) is 3. The molecule has 0 radical (unpaired) electrons. The van der Waals surface area contributed by atoms with E-state index in [2.05, 4.69) is 19.2 Å². The van der Waals surface area contributed by atoms with Crippen LogP contribution in [-0.4, -0.2) is 24.0 Å². The summed E-state index contributed by atoms with van der Waals surface area (Å²) in [7, 11) is 0. The smallest absolute Gasteiger partial charge is 0.344 e. The van der Waals surface area contributed by atoms with Crippen molar-refractivity contribution < 1.29 is 23.1 Å². The molecule has 1 aromatic carbocycles. The Morgan fingerprint density at radius 1 is 1.21 bits per heavy atom. The fraction of sp³-hybridized carbons (Fsp3) is 0.556. The molecule has 24 heavy (non-hydrogen) atoms. The average molecular weight is 339 g/mol. The van der Waals surface area contributed by atoms with Crippen LogP contribution in [0.5, 0.6) is 0 Å². The highest BCUT2D eigenvalue weighted by Crippen LogP contribution is 2.29. The minimum atomic E-state index is -1.18. The molecule has 1 aliphatic rings. The molecule has 0 spiro atoms. The highest BCUT2D eigenvalue weighted by Gasteiger charge is 2.30. The van der Waals surface area contributed by atoms with Gasteiger partial charge in [-0.3, -0.25) is 4.79 Å². The van der Waals surface area contributed by atoms with E-state index in [1.165, 1.54) is 6.92 Å². The summed E-state index contributed by atoms with van der Waals surface area (Å²) < 4.78 is 32.1. The molecule has 0 unspecified atom stereocenters. The molecule has 1 N–H and O–H groups in total. The van der Waals surface area contributed by atoms with Crippen LogP contribution in [0, 0.1) is 23.5 Å². The summed E-state index contributed by atoms with van der Waals surface area (Å²) in [5.74, 6) is -2.82. The average Bonchev–Trinajstić information content (AvgIpc) is 2.51. The highest BCUT2D eigenvalue weighted by molar-refractivity contribution is 5.92. The third-order valence-electron chi connectivity index (χ3n) is 4.85. The summed E-state index contributed by atoms with van der Waals surface area (Å²) in [5, 5.41) is 2.88. The third kappa shape index (κ3) is 4.10. The number of benzene rings is 1. The summed E-state index contributed by atoms with van der Waals surface area (Å²) in [6.07, 6.45) is 1.91. The lowest BCUT2D eigenvalue weighted by molar-refractivity contribution is -0.130. The van der Waals surface area contributed by atoms with Gasteiger partial charge in [-0.15, -0.1) is 0 Å². The summed E-state index contributed by atoms with van der Waals surface area (Å²) in [6.45, 7) is 5.62. The molecule has 0 aromatic heterocycles. The number of nitrogens with one attached hydrogen (secondary N) is 1. The minimum absolute atomic E-state index is 0.0209. The number of ether oxygens (including phenoxy) is 1. The summed E-state index contributed by atoms with van der Waals surface area (Å²) in [4.78, 5) is 24.2. The zero-order valence-electron chi connectivity index (χ0n) is 14.1. The molecule has 2 rings (SSSR count). The lowest BCUT2D eigenvalue weighted by atomic mass is 9.78. The van der Waals surface area contributed by atoms with Crippen molar-refractivity contribution >= 4 is 11.9 Å². The van der Waals surface area contributed by atoms with E-state index in [4.69, 9.17) is 4.74 Å². The molecule has 0 bridgehead atoms. The lowest BCUT2D eigenvalue weighted by Gasteiger charge is -2.35. The maximum Gasteiger partial charge on any atom is 0.344 e. The fourth-order valence-electron chi connectivity index (χ4n) is 3.05. The number of rotatable bonds is 4. The molecule has 1 amide bonds. The van der Waals surface area contributed by atoms with Gasteiger partial charge in [0.05, 0.1) is 0 Å². The first-order valence-electron chi connectivity index (χ1n) is 8.26. The van der Waals surface area contributed by atoms with Crippen molar-refractivity contribution in [3.8, 4) is 0 Å². The predicted molar refractivity (Wildman–Crippen MR) is 85.3 cm³/mol. The van der Waals surface area contributed by atoms with E-state index in [1.54, 1.807) is 0 Å². The van der Waals surface area contributed by atoms with Crippen molar-refractivity contribution in [1.82, 2.24) is 5.32 Å². The quantitative estimate of drug-likeness (QED) is 0.855. The number of hydrogen-bond donors (Lipinski definition) is 1. The lowest BCUT2D eigenvalue weighted by Crippen LogP contribution is -2.47. The number of esters is 1. The summed E-state index contributed by atoms with van der Waals surface area (Å²) >= 11 is 0. The Bertz CT molecular complexity index is 600. The van der Waals surface area contributed by atoms with Gasteiger partial charge in [0.1, 0.15) is 17.2 Å². The molecule has 0 saturated heterocycles. The first-order chi connectivity index (χ1) is 11.3. The number of amides is 1. The van der Waals surface area contributed by atoms with Crippen molar-refractivity contribution in [3.63, 3.8) is 0 Å². The molecule has 1 saturated carbocycles. The number of carbonyl (C=O) groups is 2. The Labute approximate surface area is 140 Å². The van der Waals surface area contributed by atoms with Crippen LogP contribution in [0.4, 0.5) is 8.78 Å². The molecule has 1 fully saturated rings. The Morgan fingerprint density at radius 2 is 1.83 bits per heavy atom. The van der Waals surface area contributed by atoms with Crippen LogP contribution in [0.2, 0.25) is 0 Å². The summed E-state index contributed by atoms with van der Waals surface area (Å²) in [6, 6.07) is 3.11. The van der Waals surface area contributed by atoms with Gasteiger partial charge in [0, 0.05) is 6.04 Å². The molecule has 1 aliphatic carbocycles. The van der Waals surface area contributed by atoms with Gasteiger partial charge in [-0.2, -0.15) is 0 Å². The van der Waals surface area contributed by atoms with Crippen LogP contribution < -0.4 is 5.32 Å². The van der Waals surface area contributed by atoms with Crippen molar-refractivity contribution in [2.24, 2.45) is 11.8 Å². The SMILES string of the molecule is C[C@@H]1[C@H](C)CCC[C@@H]1NC(=O)[C@@H](C)OC(=O)c1c(F)cccc1F. The first kappa shape index (κ1) is 18.4. The van der Waals surface area contributed by atoms with E-state index in [0.717, 1.165) is 37.5 Å². The zero-order chi connectivity index (χ0) is 17.9. The zero-order valence-corrected chi connectivity index (χ0v) is 14.1. The Hall–Kier alpha value is -1.98. The molecule has 1 aromatic rings. The van der Waals surface area contributed by atoms with E-state index in [1.807, 2.05) is 0 Å². The second-order valence-corrected chi connectivity index (χ2v) is 6.53. The normalized spacial score (nSPS) is 25.0. The van der Waals surface area contributed by atoms with Crippen LogP contribution in [0.25, 0.3) is 0 Å². The van der Waals surface area contributed by atoms with E-state index in [0.29, 0.717) is 11.8 Å². The van der Waals surface area contributed by atoms with Gasteiger partial charge in [-0.05, 0) is 37.3 Å². The van der Waals surface area contributed by atoms with Crippen molar-refractivity contribution in [2.45, 2.75) is 52.2 Å².